The van der Waals surface area contributed by atoms with Crippen LogP contribution in [0, 0.1) is 69.0 Å². The number of allylic oxidation sites excluding steroid dienone is 2. The Labute approximate surface area is 213 Å². The summed E-state index contributed by atoms with van der Waals surface area (Å²) in [5.74, 6) is -3.02. The summed E-state index contributed by atoms with van der Waals surface area (Å²) in [6, 6.07) is 2.32. The second kappa shape index (κ2) is 8.68. The van der Waals surface area contributed by atoms with Gasteiger partial charge in [0.15, 0.2) is 5.78 Å². The number of aliphatic hydroxyl groups is 1. The topological polar surface area (TPSA) is 125 Å². The number of aliphatic hydroxyl groups excluding tert-OH is 1. The Morgan fingerprint density at radius 3 is 2.56 bits per heavy atom. The Morgan fingerprint density at radius 1 is 1.17 bits per heavy atom. The SMILES string of the molecule is COC(=O)C1C(C#N)CC2(CO)C(CCC3(C)C4CCC5(C(=O)O)CCCCC5C4=CC(=O)C32)C1C. The van der Waals surface area contributed by atoms with Gasteiger partial charge in [-0.15, -0.1) is 0 Å². The Hall–Kier alpha value is -2.20. The maximum Gasteiger partial charge on any atom is 0.310 e. The number of aliphatic carboxylic acids is 1. The number of hydrogen-bond acceptors (Lipinski definition) is 6. The van der Waals surface area contributed by atoms with Crippen LogP contribution in [0.4, 0.5) is 0 Å². The molecule has 0 aliphatic heterocycles. The first-order chi connectivity index (χ1) is 17.1. The lowest BCUT2D eigenvalue weighted by atomic mass is 9.37. The summed E-state index contributed by atoms with van der Waals surface area (Å²) in [4.78, 5) is 39.3. The molecule has 0 heterocycles. The van der Waals surface area contributed by atoms with Crippen molar-refractivity contribution in [3.63, 3.8) is 0 Å². The molecule has 36 heavy (non-hydrogen) atoms. The van der Waals surface area contributed by atoms with Crippen LogP contribution in [-0.2, 0) is 19.1 Å². The molecular weight excluding hydrogens is 458 g/mol. The van der Waals surface area contributed by atoms with Crippen LogP contribution in [0.3, 0.4) is 0 Å². The standard InChI is InChI=1S/C29H39NO6/c1-16-19-7-10-27(2)20-8-11-28(26(34)35)9-5-4-6-21(28)18(20)12-22(32)24(27)29(19,15-31)13-17(14-30)23(16)25(33)36-3/h12,16-17,19-21,23-24,31H,4-11,13,15H2,1-3H3,(H,34,35). The molecule has 7 heteroatoms. The quantitative estimate of drug-likeness (QED) is 0.561. The van der Waals surface area contributed by atoms with Gasteiger partial charge >= 0.3 is 11.9 Å². The largest absolute Gasteiger partial charge is 0.481 e. The van der Waals surface area contributed by atoms with Crippen LogP contribution in [0.2, 0.25) is 0 Å². The Balaban J connectivity index is 1.60. The van der Waals surface area contributed by atoms with Gasteiger partial charge < -0.3 is 14.9 Å². The van der Waals surface area contributed by atoms with Crippen molar-refractivity contribution >= 4 is 17.7 Å². The van der Waals surface area contributed by atoms with Crippen molar-refractivity contribution < 1.29 is 29.3 Å². The van der Waals surface area contributed by atoms with Crippen LogP contribution in [0.25, 0.3) is 0 Å². The Kier molecular flexibility index (Phi) is 6.14. The summed E-state index contributed by atoms with van der Waals surface area (Å²) in [6.07, 6.45) is 8.38. The number of carboxylic acids is 1. The molecule has 5 aliphatic carbocycles. The van der Waals surface area contributed by atoms with Crippen LogP contribution in [0.5, 0.6) is 0 Å². The number of esters is 1. The van der Waals surface area contributed by atoms with Gasteiger partial charge in [-0.05, 0) is 80.1 Å². The molecule has 0 aromatic rings. The van der Waals surface area contributed by atoms with Gasteiger partial charge in [0.05, 0.1) is 30.4 Å². The smallest absolute Gasteiger partial charge is 0.310 e. The zero-order valence-corrected chi connectivity index (χ0v) is 21.7. The molecule has 5 aliphatic rings. The summed E-state index contributed by atoms with van der Waals surface area (Å²) in [6.45, 7) is 3.95. The van der Waals surface area contributed by atoms with E-state index in [1.165, 1.54) is 7.11 Å². The molecule has 0 spiro atoms. The predicted molar refractivity (Wildman–Crippen MR) is 130 cm³/mol. The highest BCUT2D eigenvalue weighted by Crippen LogP contribution is 2.70. The number of carbonyl (C=O) groups is 3. The maximum atomic E-state index is 14.1. The highest BCUT2D eigenvalue weighted by atomic mass is 16.5. The lowest BCUT2D eigenvalue weighted by Crippen LogP contribution is -2.65. The van der Waals surface area contributed by atoms with Gasteiger partial charge in [-0.1, -0.05) is 32.3 Å². The van der Waals surface area contributed by atoms with Gasteiger partial charge in [0.1, 0.15) is 0 Å². The first-order valence-electron chi connectivity index (χ1n) is 13.7. The zero-order chi connectivity index (χ0) is 26.0. The summed E-state index contributed by atoms with van der Waals surface area (Å²) >= 11 is 0. The van der Waals surface area contributed by atoms with E-state index in [1.54, 1.807) is 6.08 Å². The van der Waals surface area contributed by atoms with Crippen LogP contribution in [0.1, 0.15) is 71.6 Å². The lowest BCUT2D eigenvalue weighted by molar-refractivity contribution is -0.192. The molecule has 196 valence electrons. The van der Waals surface area contributed by atoms with Gasteiger partial charge in [-0.3, -0.25) is 14.4 Å². The fourth-order valence-corrected chi connectivity index (χ4v) is 10.2. The summed E-state index contributed by atoms with van der Waals surface area (Å²) in [5.41, 5.74) is -0.911. The number of nitriles is 1. The average molecular weight is 498 g/mol. The predicted octanol–water partition coefficient (Wildman–Crippen LogP) is 4.15. The number of carbonyl (C=O) groups excluding carboxylic acids is 2. The van der Waals surface area contributed by atoms with E-state index in [4.69, 9.17) is 4.74 Å². The fourth-order valence-electron chi connectivity index (χ4n) is 10.2. The molecule has 0 aromatic heterocycles. The molecule has 7 nitrogen and oxygen atoms in total. The minimum atomic E-state index is -0.773. The Morgan fingerprint density at radius 2 is 1.92 bits per heavy atom. The van der Waals surface area contributed by atoms with Crippen molar-refractivity contribution in [1.29, 1.82) is 5.26 Å². The second-order valence-corrected chi connectivity index (χ2v) is 12.7. The minimum absolute atomic E-state index is 0.0188. The number of ether oxygens (including phenoxy) is 1. The van der Waals surface area contributed by atoms with Crippen molar-refractivity contribution in [2.75, 3.05) is 13.7 Å². The van der Waals surface area contributed by atoms with Crippen LogP contribution in [-0.4, -0.2) is 41.7 Å². The normalized spacial score (nSPS) is 47.7. The van der Waals surface area contributed by atoms with Gasteiger partial charge in [0.25, 0.3) is 0 Å². The van der Waals surface area contributed by atoms with Crippen LogP contribution >= 0.6 is 0 Å². The minimum Gasteiger partial charge on any atom is -0.481 e. The van der Waals surface area contributed by atoms with Crippen molar-refractivity contribution in [3.8, 4) is 6.07 Å². The highest BCUT2D eigenvalue weighted by molar-refractivity contribution is 5.95. The molecule has 0 aromatic carbocycles. The monoisotopic (exact) mass is 497 g/mol. The van der Waals surface area contributed by atoms with E-state index in [-0.39, 0.29) is 42.0 Å². The molecule has 2 N–H and O–H groups in total. The summed E-state index contributed by atoms with van der Waals surface area (Å²) < 4.78 is 5.06. The third-order valence-corrected chi connectivity index (χ3v) is 11.7. The molecule has 0 bridgehead atoms. The van der Waals surface area contributed by atoms with E-state index >= 15 is 0 Å². The van der Waals surface area contributed by atoms with Gasteiger partial charge in [0.2, 0.25) is 0 Å². The van der Waals surface area contributed by atoms with E-state index < -0.39 is 40.0 Å². The number of nitrogens with zero attached hydrogens (tertiary/aromatic N) is 1. The molecule has 4 saturated carbocycles. The molecule has 10 atom stereocenters. The number of rotatable bonds is 3. The number of carboxylic acid groups (broad SMARTS) is 1. The van der Waals surface area contributed by atoms with Crippen LogP contribution in [0.15, 0.2) is 11.6 Å². The molecule has 0 radical (unpaired) electrons. The zero-order valence-electron chi connectivity index (χ0n) is 21.7. The van der Waals surface area contributed by atoms with Crippen molar-refractivity contribution in [2.45, 2.75) is 71.6 Å². The lowest BCUT2D eigenvalue weighted by Gasteiger charge is -2.66. The number of methoxy groups -OCH3 is 1. The fraction of sp³-hybridized carbons (Fsp3) is 0.793. The van der Waals surface area contributed by atoms with Gasteiger partial charge in [-0.25, -0.2) is 0 Å². The Bertz CT molecular complexity index is 1040. The molecule has 10 unspecified atom stereocenters. The van der Waals surface area contributed by atoms with Crippen molar-refractivity contribution in [3.05, 3.63) is 11.6 Å². The van der Waals surface area contributed by atoms with Gasteiger partial charge in [-0.2, -0.15) is 5.26 Å². The molecule has 5 rings (SSSR count). The maximum absolute atomic E-state index is 14.1. The first kappa shape index (κ1) is 25.4. The molecule has 0 amide bonds. The van der Waals surface area contributed by atoms with Crippen molar-refractivity contribution in [2.24, 2.45) is 57.7 Å². The van der Waals surface area contributed by atoms with E-state index in [2.05, 4.69) is 13.0 Å². The third-order valence-electron chi connectivity index (χ3n) is 11.7. The van der Waals surface area contributed by atoms with E-state index in [0.717, 1.165) is 44.1 Å². The third kappa shape index (κ3) is 3.15. The van der Waals surface area contributed by atoms with Crippen LogP contribution < -0.4 is 0 Å². The summed E-state index contributed by atoms with van der Waals surface area (Å²) in [5, 5.41) is 31.3. The second-order valence-electron chi connectivity index (χ2n) is 12.7. The van der Waals surface area contributed by atoms with Gasteiger partial charge in [0, 0.05) is 17.9 Å². The molecular formula is C29H39NO6. The highest BCUT2D eigenvalue weighted by Gasteiger charge is 2.68. The average Bonchev–Trinajstić information content (AvgIpc) is 2.87. The van der Waals surface area contributed by atoms with E-state index in [0.29, 0.717) is 19.3 Å². The molecule has 4 fully saturated rings. The number of hydrogen-bond donors (Lipinski definition) is 2. The van der Waals surface area contributed by atoms with E-state index in [9.17, 15) is 29.9 Å². The first-order valence-corrected chi connectivity index (χ1v) is 13.7. The number of ketones is 1. The molecule has 0 saturated heterocycles. The number of fused-ring (bicyclic) bond motifs is 7. The van der Waals surface area contributed by atoms with E-state index in [1.807, 2.05) is 6.92 Å². The summed E-state index contributed by atoms with van der Waals surface area (Å²) in [7, 11) is 1.35. The van der Waals surface area contributed by atoms with Crippen molar-refractivity contribution in [1.82, 2.24) is 0 Å².